The van der Waals surface area contributed by atoms with E-state index < -0.39 is 0 Å². The van der Waals surface area contributed by atoms with Gasteiger partial charge in [-0.25, -0.2) is 0 Å². The molecule has 0 aliphatic carbocycles. The van der Waals surface area contributed by atoms with Crippen molar-refractivity contribution >= 4 is 5.91 Å². The van der Waals surface area contributed by atoms with Crippen LogP contribution in [0.2, 0.25) is 0 Å². The minimum absolute atomic E-state index is 0.337. The summed E-state index contributed by atoms with van der Waals surface area (Å²) in [5, 5.41) is 0. The number of amides is 1. The number of nitrogens with zero attached hydrogens (tertiary/aromatic N) is 1. The first-order valence-corrected chi connectivity index (χ1v) is 6.14. The molecule has 2 N–H and O–H groups in total. The molecule has 1 aliphatic rings. The van der Waals surface area contributed by atoms with Crippen LogP contribution >= 0.6 is 0 Å². The third kappa shape index (κ3) is 3.82. The van der Waals surface area contributed by atoms with Crippen molar-refractivity contribution in [3.05, 3.63) is 0 Å². The Balaban J connectivity index is 2.22. The number of likely N-dealkylation sites (tertiary alicyclic amines) is 1. The molecule has 1 fully saturated rings. The summed E-state index contributed by atoms with van der Waals surface area (Å²) in [6.45, 7) is 6.07. The van der Waals surface area contributed by atoms with Gasteiger partial charge in [-0.1, -0.05) is 13.3 Å². The maximum atomic E-state index is 11.9. The molecule has 0 aromatic rings. The van der Waals surface area contributed by atoms with Gasteiger partial charge < -0.3 is 10.6 Å². The third-order valence-electron chi connectivity index (χ3n) is 3.20. The standard InChI is InChI=1S/C12H24N2O/c1-10-8-11(2)14(9-10)12(15)6-4-3-5-7-13/h10-11H,3-9,13H2,1-2H3. The van der Waals surface area contributed by atoms with Gasteiger partial charge in [-0.05, 0) is 38.6 Å². The molecule has 0 aromatic heterocycles. The summed E-state index contributed by atoms with van der Waals surface area (Å²) in [4.78, 5) is 13.9. The summed E-state index contributed by atoms with van der Waals surface area (Å²) in [5.74, 6) is 1.01. The first-order valence-electron chi connectivity index (χ1n) is 6.14. The lowest BCUT2D eigenvalue weighted by Crippen LogP contribution is -2.33. The number of hydrogen-bond acceptors (Lipinski definition) is 2. The molecular formula is C12H24N2O. The topological polar surface area (TPSA) is 46.3 Å². The van der Waals surface area contributed by atoms with E-state index in [2.05, 4.69) is 13.8 Å². The molecule has 88 valence electrons. The van der Waals surface area contributed by atoms with E-state index in [-0.39, 0.29) is 0 Å². The summed E-state index contributed by atoms with van der Waals surface area (Å²) >= 11 is 0. The lowest BCUT2D eigenvalue weighted by Gasteiger charge is -2.21. The average molecular weight is 212 g/mol. The van der Waals surface area contributed by atoms with Crippen LogP contribution in [0.15, 0.2) is 0 Å². The molecule has 1 amide bonds. The maximum absolute atomic E-state index is 11.9. The van der Waals surface area contributed by atoms with Gasteiger partial charge in [-0.2, -0.15) is 0 Å². The van der Waals surface area contributed by atoms with Crippen LogP contribution in [-0.4, -0.2) is 29.9 Å². The molecule has 0 spiro atoms. The number of unbranched alkanes of at least 4 members (excludes halogenated alkanes) is 2. The Morgan fingerprint density at radius 1 is 1.33 bits per heavy atom. The molecule has 1 aliphatic heterocycles. The van der Waals surface area contributed by atoms with Crippen molar-refractivity contribution in [1.29, 1.82) is 0 Å². The van der Waals surface area contributed by atoms with Gasteiger partial charge in [0, 0.05) is 19.0 Å². The van der Waals surface area contributed by atoms with Crippen LogP contribution in [0.25, 0.3) is 0 Å². The van der Waals surface area contributed by atoms with E-state index >= 15 is 0 Å². The van der Waals surface area contributed by atoms with Crippen molar-refractivity contribution in [3.8, 4) is 0 Å². The predicted molar refractivity (Wildman–Crippen MR) is 62.5 cm³/mol. The number of carbonyl (C=O) groups is 1. The van der Waals surface area contributed by atoms with Crippen molar-refractivity contribution in [3.63, 3.8) is 0 Å². The zero-order valence-electron chi connectivity index (χ0n) is 10.0. The first kappa shape index (κ1) is 12.5. The molecule has 0 radical (unpaired) electrons. The van der Waals surface area contributed by atoms with Gasteiger partial charge in [0.15, 0.2) is 0 Å². The molecule has 1 heterocycles. The van der Waals surface area contributed by atoms with Crippen molar-refractivity contribution < 1.29 is 4.79 Å². The van der Waals surface area contributed by atoms with Gasteiger partial charge in [0.1, 0.15) is 0 Å². The zero-order chi connectivity index (χ0) is 11.3. The molecule has 0 bridgehead atoms. The lowest BCUT2D eigenvalue weighted by molar-refractivity contribution is -0.131. The van der Waals surface area contributed by atoms with E-state index in [1.54, 1.807) is 0 Å². The molecule has 2 atom stereocenters. The Bertz CT molecular complexity index is 206. The number of carbonyl (C=O) groups excluding carboxylic acids is 1. The molecule has 1 rings (SSSR count). The van der Waals surface area contributed by atoms with E-state index in [0.29, 0.717) is 24.3 Å². The SMILES string of the molecule is CC1CC(C)N(C(=O)CCCCCN)C1. The van der Waals surface area contributed by atoms with E-state index in [9.17, 15) is 4.79 Å². The Morgan fingerprint density at radius 3 is 2.60 bits per heavy atom. The van der Waals surface area contributed by atoms with E-state index in [1.165, 1.54) is 0 Å². The second kappa shape index (κ2) is 6.11. The maximum Gasteiger partial charge on any atom is 0.222 e. The summed E-state index contributed by atoms with van der Waals surface area (Å²) in [6.07, 6.45) is 4.98. The molecule has 1 saturated heterocycles. The zero-order valence-corrected chi connectivity index (χ0v) is 10.0. The van der Waals surface area contributed by atoms with Gasteiger partial charge in [0.2, 0.25) is 5.91 Å². The summed E-state index contributed by atoms with van der Waals surface area (Å²) < 4.78 is 0. The first-order chi connectivity index (χ1) is 7.15. The molecule has 3 nitrogen and oxygen atoms in total. The minimum Gasteiger partial charge on any atom is -0.340 e. The fourth-order valence-electron chi connectivity index (χ4n) is 2.39. The Hall–Kier alpha value is -0.570. The molecule has 0 saturated carbocycles. The van der Waals surface area contributed by atoms with Crippen LogP contribution in [-0.2, 0) is 4.79 Å². The highest BCUT2D eigenvalue weighted by Gasteiger charge is 2.29. The fourth-order valence-corrected chi connectivity index (χ4v) is 2.39. The number of nitrogens with two attached hydrogens (primary N) is 1. The van der Waals surface area contributed by atoms with Gasteiger partial charge in [-0.15, -0.1) is 0 Å². The number of hydrogen-bond donors (Lipinski definition) is 1. The van der Waals surface area contributed by atoms with Crippen molar-refractivity contribution in [2.45, 2.75) is 52.0 Å². The highest BCUT2D eigenvalue weighted by molar-refractivity contribution is 5.76. The van der Waals surface area contributed by atoms with E-state index in [1.807, 2.05) is 4.90 Å². The summed E-state index contributed by atoms with van der Waals surface area (Å²) in [5.41, 5.74) is 5.41. The van der Waals surface area contributed by atoms with Crippen LogP contribution < -0.4 is 5.73 Å². The predicted octanol–water partition coefficient (Wildman–Crippen LogP) is 1.76. The van der Waals surface area contributed by atoms with Gasteiger partial charge in [0.25, 0.3) is 0 Å². The van der Waals surface area contributed by atoms with Crippen LogP contribution in [0, 0.1) is 5.92 Å². The van der Waals surface area contributed by atoms with Crippen molar-refractivity contribution in [1.82, 2.24) is 4.90 Å². The third-order valence-corrected chi connectivity index (χ3v) is 3.20. The average Bonchev–Trinajstić information content (AvgIpc) is 2.52. The molecule has 0 aromatic carbocycles. The second-order valence-corrected chi connectivity index (χ2v) is 4.84. The van der Waals surface area contributed by atoms with E-state index in [0.717, 1.165) is 38.8 Å². The van der Waals surface area contributed by atoms with Gasteiger partial charge >= 0.3 is 0 Å². The normalized spacial score (nSPS) is 25.9. The molecule has 3 heteroatoms. The number of rotatable bonds is 5. The highest BCUT2D eigenvalue weighted by Crippen LogP contribution is 2.23. The highest BCUT2D eigenvalue weighted by atomic mass is 16.2. The minimum atomic E-state index is 0.337. The largest absolute Gasteiger partial charge is 0.340 e. The van der Waals surface area contributed by atoms with Crippen molar-refractivity contribution in [2.75, 3.05) is 13.1 Å². The summed E-state index contributed by atoms with van der Waals surface area (Å²) in [7, 11) is 0. The quantitative estimate of drug-likeness (QED) is 0.706. The van der Waals surface area contributed by atoms with Crippen LogP contribution in [0.1, 0.15) is 46.0 Å². The summed E-state index contributed by atoms with van der Waals surface area (Å²) in [6, 6.07) is 0.446. The molecule has 15 heavy (non-hydrogen) atoms. The van der Waals surface area contributed by atoms with Crippen LogP contribution in [0.5, 0.6) is 0 Å². The van der Waals surface area contributed by atoms with Crippen molar-refractivity contribution in [2.24, 2.45) is 11.7 Å². The molecule has 2 unspecified atom stereocenters. The Morgan fingerprint density at radius 2 is 2.07 bits per heavy atom. The smallest absolute Gasteiger partial charge is 0.222 e. The molecular weight excluding hydrogens is 188 g/mol. The van der Waals surface area contributed by atoms with E-state index in [4.69, 9.17) is 5.73 Å². The fraction of sp³-hybridized carbons (Fsp3) is 0.917. The van der Waals surface area contributed by atoms with Crippen LogP contribution in [0.3, 0.4) is 0 Å². The Labute approximate surface area is 93.0 Å². The van der Waals surface area contributed by atoms with Gasteiger partial charge in [-0.3, -0.25) is 4.79 Å². The second-order valence-electron chi connectivity index (χ2n) is 4.84. The Kier molecular flexibility index (Phi) is 5.09. The van der Waals surface area contributed by atoms with Gasteiger partial charge in [0.05, 0.1) is 0 Å². The monoisotopic (exact) mass is 212 g/mol. The lowest BCUT2D eigenvalue weighted by atomic mass is 10.1. The van der Waals surface area contributed by atoms with Crippen LogP contribution in [0.4, 0.5) is 0 Å².